The second-order valence-corrected chi connectivity index (χ2v) is 7.79. The number of alkyl halides is 3. The van der Waals surface area contributed by atoms with E-state index in [9.17, 15) is 22.4 Å². The zero-order valence-electron chi connectivity index (χ0n) is 17.0. The molecule has 4 rings (SSSR count). The van der Waals surface area contributed by atoms with Gasteiger partial charge in [-0.05, 0) is 59.5 Å². The molecule has 4 nitrogen and oxygen atoms in total. The van der Waals surface area contributed by atoms with Crippen molar-refractivity contribution in [3.63, 3.8) is 0 Å². The number of nitrogens with zero attached hydrogens (tertiary/aromatic N) is 1. The van der Waals surface area contributed by atoms with Gasteiger partial charge in [0.05, 0.1) is 23.4 Å². The molecule has 0 saturated carbocycles. The number of carbonyl (C=O) groups excluding carboxylic acids is 1. The van der Waals surface area contributed by atoms with Gasteiger partial charge in [-0.1, -0.05) is 24.3 Å². The molecule has 8 heteroatoms. The van der Waals surface area contributed by atoms with Crippen molar-refractivity contribution in [2.24, 2.45) is 0 Å². The zero-order valence-corrected chi connectivity index (χ0v) is 17.0. The molecule has 1 aliphatic rings. The van der Waals surface area contributed by atoms with Crippen LogP contribution in [0.25, 0.3) is 0 Å². The minimum Gasteiger partial charge on any atom is -0.397 e. The van der Waals surface area contributed by atoms with Crippen LogP contribution in [-0.4, -0.2) is 12.5 Å². The Morgan fingerprint density at radius 2 is 1.66 bits per heavy atom. The van der Waals surface area contributed by atoms with Gasteiger partial charge in [0.2, 0.25) is 5.91 Å². The first-order valence-corrected chi connectivity index (χ1v) is 10.1. The smallest absolute Gasteiger partial charge is 0.397 e. The number of benzene rings is 3. The highest BCUT2D eigenvalue weighted by atomic mass is 19.4. The normalized spacial score (nSPS) is 13.2. The number of rotatable bonds is 5. The third kappa shape index (κ3) is 4.85. The summed E-state index contributed by atoms with van der Waals surface area (Å²) in [5, 5.41) is 2.81. The van der Waals surface area contributed by atoms with Crippen LogP contribution >= 0.6 is 0 Å². The van der Waals surface area contributed by atoms with Gasteiger partial charge in [-0.15, -0.1) is 0 Å². The molecule has 0 radical (unpaired) electrons. The van der Waals surface area contributed by atoms with Crippen molar-refractivity contribution in [3.05, 3.63) is 88.7 Å². The molecule has 3 aromatic carbocycles. The minimum absolute atomic E-state index is 0.0941. The fourth-order valence-electron chi connectivity index (χ4n) is 3.79. The first kappa shape index (κ1) is 21.7. The molecule has 0 fully saturated rings. The van der Waals surface area contributed by atoms with Crippen molar-refractivity contribution in [1.29, 1.82) is 0 Å². The van der Waals surface area contributed by atoms with Gasteiger partial charge in [0, 0.05) is 18.8 Å². The number of hydrogen-bond donors (Lipinski definition) is 2. The second-order valence-electron chi connectivity index (χ2n) is 7.79. The van der Waals surface area contributed by atoms with Gasteiger partial charge in [-0.2, -0.15) is 13.2 Å². The van der Waals surface area contributed by atoms with E-state index < -0.39 is 11.7 Å². The number of halogens is 4. The molecule has 32 heavy (non-hydrogen) atoms. The monoisotopic (exact) mass is 443 g/mol. The Morgan fingerprint density at radius 3 is 2.31 bits per heavy atom. The lowest BCUT2D eigenvalue weighted by molar-refractivity contribution is -0.137. The summed E-state index contributed by atoms with van der Waals surface area (Å²) in [5.74, 6) is -0.624. The number of nitrogens with two attached hydrogens (primary N) is 1. The second kappa shape index (κ2) is 8.53. The molecular formula is C24H21F4N3O. The van der Waals surface area contributed by atoms with E-state index in [1.54, 1.807) is 18.2 Å². The van der Waals surface area contributed by atoms with Gasteiger partial charge in [-0.3, -0.25) is 4.79 Å². The van der Waals surface area contributed by atoms with Gasteiger partial charge in [0.1, 0.15) is 5.82 Å². The number of anilines is 3. The maximum Gasteiger partial charge on any atom is 0.416 e. The number of fused-ring (bicyclic) bond motifs is 1. The molecular weight excluding hydrogens is 422 g/mol. The molecule has 3 N–H and O–H groups in total. The van der Waals surface area contributed by atoms with Crippen LogP contribution in [-0.2, 0) is 30.4 Å². The van der Waals surface area contributed by atoms with Gasteiger partial charge in [0.15, 0.2) is 0 Å². The number of carbonyl (C=O) groups is 1. The molecule has 0 saturated heterocycles. The van der Waals surface area contributed by atoms with E-state index in [0.717, 1.165) is 35.4 Å². The highest BCUT2D eigenvalue weighted by molar-refractivity contribution is 5.96. The highest BCUT2D eigenvalue weighted by Gasteiger charge is 2.30. The molecule has 0 unspecified atom stereocenters. The lowest BCUT2D eigenvalue weighted by atomic mass is 10.1. The summed E-state index contributed by atoms with van der Waals surface area (Å²) in [6.45, 7) is 1.16. The summed E-state index contributed by atoms with van der Waals surface area (Å²) in [7, 11) is 0. The Hall–Kier alpha value is -3.55. The van der Waals surface area contributed by atoms with Crippen LogP contribution < -0.4 is 16.0 Å². The Balaban J connectivity index is 1.44. The topological polar surface area (TPSA) is 58.4 Å². The fraction of sp³-hybridized carbons (Fsp3) is 0.208. The Kier molecular flexibility index (Phi) is 5.78. The summed E-state index contributed by atoms with van der Waals surface area (Å²) < 4.78 is 51.3. The van der Waals surface area contributed by atoms with Crippen molar-refractivity contribution >= 4 is 23.0 Å². The van der Waals surface area contributed by atoms with Crippen molar-refractivity contribution < 1.29 is 22.4 Å². The van der Waals surface area contributed by atoms with Crippen molar-refractivity contribution in [2.75, 3.05) is 22.5 Å². The molecule has 0 atom stereocenters. The molecule has 1 amide bonds. The summed E-state index contributed by atoms with van der Waals surface area (Å²) in [6, 6.07) is 14.5. The molecule has 0 aromatic heterocycles. The van der Waals surface area contributed by atoms with Gasteiger partial charge in [-0.25, -0.2) is 4.39 Å². The molecule has 0 bridgehead atoms. The molecule has 166 valence electrons. The van der Waals surface area contributed by atoms with Crippen LogP contribution in [0.4, 0.5) is 34.6 Å². The van der Waals surface area contributed by atoms with Crippen molar-refractivity contribution in [1.82, 2.24) is 0 Å². The number of hydrogen-bond acceptors (Lipinski definition) is 3. The van der Waals surface area contributed by atoms with E-state index in [1.807, 2.05) is 6.07 Å². The average Bonchev–Trinajstić information content (AvgIpc) is 3.11. The van der Waals surface area contributed by atoms with Crippen LogP contribution in [0.1, 0.15) is 22.3 Å². The number of amides is 1. The lowest BCUT2D eigenvalue weighted by Crippen LogP contribution is -2.20. The standard InChI is InChI=1S/C24H21F4N3O/c25-19-7-3-15(4-8-19)11-23(32)30-21-12-17-9-10-31(22(17)13-20(21)29)14-16-1-5-18(6-2-16)24(26,27)28/h1-8,12-13H,9-11,14,29H2,(H,30,32). The Labute approximate surface area is 182 Å². The molecule has 1 aliphatic heterocycles. The van der Waals surface area contributed by atoms with E-state index >= 15 is 0 Å². The van der Waals surface area contributed by atoms with E-state index in [0.29, 0.717) is 30.0 Å². The first-order chi connectivity index (χ1) is 15.2. The largest absolute Gasteiger partial charge is 0.416 e. The van der Waals surface area contributed by atoms with Crippen molar-refractivity contribution in [2.45, 2.75) is 25.6 Å². The minimum atomic E-state index is -4.36. The van der Waals surface area contributed by atoms with E-state index in [2.05, 4.69) is 10.2 Å². The number of nitrogens with one attached hydrogen (secondary N) is 1. The Morgan fingerprint density at radius 1 is 1.00 bits per heavy atom. The van der Waals surface area contributed by atoms with Gasteiger partial charge < -0.3 is 16.0 Å². The summed E-state index contributed by atoms with van der Waals surface area (Å²) in [5.41, 5.74) is 9.75. The lowest BCUT2D eigenvalue weighted by Gasteiger charge is -2.21. The predicted molar refractivity (Wildman–Crippen MR) is 116 cm³/mol. The fourth-order valence-corrected chi connectivity index (χ4v) is 3.79. The third-order valence-electron chi connectivity index (χ3n) is 5.45. The SMILES string of the molecule is Nc1cc2c(cc1NC(=O)Cc1ccc(F)cc1)CCN2Cc1ccc(C(F)(F)F)cc1. The third-order valence-corrected chi connectivity index (χ3v) is 5.45. The van der Waals surface area contributed by atoms with E-state index in [4.69, 9.17) is 5.73 Å². The summed E-state index contributed by atoms with van der Waals surface area (Å²) in [6.07, 6.45) is -3.53. The summed E-state index contributed by atoms with van der Waals surface area (Å²) >= 11 is 0. The molecule has 0 aliphatic carbocycles. The van der Waals surface area contributed by atoms with Crippen LogP contribution in [0.15, 0.2) is 60.7 Å². The van der Waals surface area contributed by atoms with Crippen LogP contribution in [0.5, 0.6) is 0 Å². The zero-order chi connectivity index (χ0) is 22.9. The quantitative estimate of drug-likeness (QED) is 0.423. The van der Waals surface area contributed by atoms with Crippen LogP contribution in [0.2, 0.25) is 0 Å². The molecule has 3 aromatic rings. The predicted octanol–water partition coefficient (Wildman–Crippen LogP) is 5.17. The van der Waals surface area contributed by atoms with Crippen LogP contribution in [0.3, 0.4) is 0 Å². The first-order valence-electron chi connectivity index (χ1n) is 10.1. The van der Waals surface area contributed by atoms with Gasteiger partial charge in [0.25, 0.3) is 0 Å². The van der Waals surface area contributed by atoms with Gasteiger partial charge >= 0.3 is 6.18 Å². The maximum atomic E-state index is 13.0. The molecule has 1 heterocycles. The highest BCUT2D eigenvalue weighted by Crippen LogP contribution is 2.36. The average molecular weight is 443 g/mol. The molecule has 0 spiro atoms. The van der Waals surface area contributed by atoms with Crippen LogP contribution in [0, 0.1) is 5.82 Å². The van der Waals surface area contributed by atoms with Crippen molar-refractivity contribution in [3.8, 4) is 0 Å². The van der Waals surface area contributed by atoms with E-state index in [1.165, 1.54) is 24.3 Å². The summed E-state index contributed by atoms with van der Waals surface area (Å²) in [4.78, 5) is 14.4. The number of nitrogen functional groups attached to an aromatic ring is 1. The van der Waals surface area contributed by atoms with E-state index in [-0.39, 0.29) is 18.1 Å². The Bertz CT molecular complexity index is 1130. The maximum absolute atomic E-state index is 13.0.